The fourth-order valence-corrected chi connectivity index (χ4v) is 1.71. The number of nitrogen functional groups attached to an aromatic ring is 1. The van der Waals surface area contributed by atoms with Gasteiger partial charge in [-0.25, -0.2) is 4.39 Å². The van der Waals surface area contributed by atoms with Crippen molar-refractivity contribution in [2.24, 2.45) is 0 Å². The van der Waals surface area contributed by atoms with E-state index in [2.05, 4.69) is 4.98 Å². The van der Waals surface area contributed by atoms with Gasteiger partial charge in [0.15, 0.2) is 0 Å². The third-order valence-electron chi connectivity index (χ3n) is 2.51. The van der Waals surface area contributed by atoms with E-state index in [0.29, 0.717) is 22.5 Å². The molecular formula is C14H13FN2O2S2. The lowest BCUT2D eigenvalue weighted by Gasteiger charge is -2.08. The molecule has 0 radical (unpaired) electrons. The summed E-state index contributed by atoms with van der Waals surface area (Å²) in [7, 11) is 0. The fraction of sp³-hybridized carbons (Fsp3) is 0.143. The van der Waals surface area contributed by atoms with Gasteiger partial charge in [0.25, 0.3) is 0 Å². The minimum absolute atomic E-state index is 0.0380. The maximum atomic E-state index is 13.1. The van der Waals surface area contributed by atoms with Crippen LogP contribution in [-0.2, 0) is 11.3 Å². The molecule has 0 saturated heterocycles. The zero-order valence-corrected chi connectivity index (χ0v) is 12.8. The summed E-state index contributed by atoms with van der Waals surface area (Å²) in [6.07, 6.45) is 3.40. The topological polar surface area (TPSA) is 57.4 Å². The number of nitrogens with zero attached hydrogens (tertiary/aromatic N) is 1. The van der Waals surface area contributed by atoms with E-state index in [1.807, 2.05) is 6.26 Å². The van der Waals surface area contributed by atoms with Gasteiger partial charge in [-0.3, -0.25) is 4.98 Å². The molecule has 21 heavy (non-hydrogen) atoms. The zero-order chi connectivity index (χ0) is 15.2. The van der Waals surface area contributed by atoms with Crippen LogP contribution in [0.15, 0.2) is 36.5 Å². The van der Waals surface area contributed by atoms with Gasteiger partial charge in [0, 0.05) is 6.07 Å². The van der Waals surface area contributed by atoms with E-state index < -0.39 is 5.82 Å². The van der Waals surface area contributed by atoms with Crippen LogP contribution in [-0.4, -0.2) is 15.6 Å². The number of halogens is 1. The molecule has 0 aliphatic heterocycles. The monoisotopic (exact) mass is 324 g/mol. The number of nitrogens with two attached hydrogens (primary N) is 1. The van der Waals surface area contributed by atoms with Crippen LogP contribution >= 0.6 is 24.0 Å². The molecule has 0 spiro atoms. The number of aromatic nitrogens is 1. The predicted octanol–water partition coefficient (Wildman–Crippen LogP) is 3.76. The summed E-state index contributed by atoms with van der Waals surface area (Å²) in [5.74, 6) is 0.498. The first-order valence-electron chi connectivity index (χ1n) is 5.97. The number of thiocarbonyl (C=S) groups is 1. The van der Waals surface area contributed by atoms with Gasteiger partial charge in [-0.15, -0.1) is 0 Å². The standard InChI is InChI=1S/C14H13FN2O2S2/c1-21-14(20)18-8-9-2-3-11(7-17-9)19-10-4-5-12(15)13(16)6-10/h2-7H,8,16H2,1H3. The molecule has 1 aromatic heterocycles. The molecule has 1 heterocycles. The van der Waals surface area contributed by atoms with Crippen LogP contribution in [0.4, 0.5) is 10.1 Å². The molecule has 0 amide bonds. The molecule has 1 aromatic carbocycles. The van der Waals surface area contributed by atoms with Gasteiger partial charge in [0.2, 0.25) is 4.38 Å². The molecule has 7 heteroatoms. The number of anilines is 1. The largest absolute Gasteiger partial charge is 0.472 e. The summed E-state index contributed by atoms with van der Waals surface area (Å²) in [6, 6.07) is 7.69. The highest BCUT2D eigenvalue weighted by Crippen LogP contribution is 2.24. The Morgan fingerprint density at radius 3 is 2.71 bits per heavy atom. The summed E-state index contributed by atoms with van der Waals surface area (Å²) in [4.78, 5) is 4.20. The molecule has 0 atom stereocenters. The van der Waals surface area contributed by atoms with Crippen molar-refractivity contribution in [1.82, 2.24) is 4.98 Å². The van der Waals surface area contributed by atoms with E-state index >= 15 is 0 Å². The molecule has 0 unspecified atom stereocenters. The Labute approximate surface area is 131 Å². The maximum absolute atomic E-state index is 13.1. The van der Waals surface area contributed by atoms with Gasteiger partial charge in [0.1, 0.15) is 23.9 Å². The van der Waals surface area contributed by atoms with Crippen molar-refractivity contribution < 1.29 is 13.9 Å². The molecule has 0 fully saturated rings. The number of rotatable bonds is 4. The SMILES string of the molecule is CSC(=S)OCc1ccc(Oc2ccc(F)c(N)c2)cn1. The van der Waals surface area contributed by atoms with E-state index in [1.54, 1.807) is 18.3 Å². The molecule has 0 aliphatic rings. The van der Waals surface area contributed by atoms with Crippen LogP contribution in [0.2, 0.25) is 0 Å². The van der Waals surface area contributed by atoms with E-state index in [4.69, 9.17) is 27.4 Å². The van der Waals surface area contributed by atoms with Crippen molar-refractivity contribution in [3.05, 3.63) is 48.0 Å². The molecule has 0 saturated carbocycles. The molecule has 4 nitrogen and oxygen atoms in total. The molecule has 2 aromatic rings. The Hall–Kier alpha value is -1.86. The van der Waals surface area contributed by atoms with Crippen molar-refractivity contribution in [2.45, 2.75) is 6.61 Å². The fourth-order valence-electron chi connectivity index (χ4n) is 1.47. The summed E-state index contributed by atoms with van der Waals surface area (Å²) in [5.41, 5.74) is 6.25. The highest BCUT2D eigenvalue weighted by Gasteiger charge is 2.04. The van der Waals surface area contributed by atoms with Crippen LogP contribution in [0, 0.1) is 5.82 Å². The van der Waals surface area contributed by atoms with Crippen LogP contribution in [0.5, 0.6) is 11.5 Å². The lowest BCUT2D eigenvalue weighted by molar-refractivity contribution is 0.305. The molecule has 2 rings (SSSR count). The van der Waals surface area contributed by atoms with E-state index in [0.717, 1.165) is 5.69 Å². The summed E-state index contributed by atoms with van der Waals surface area (Å²) >= 11 is 6.30. The second-order valence-corrected chi connectivity index (χ2v) is 5.42. The summed E-state index contributed by atoms with van der Waals surface area (Å²) < 4.78 is 24.4. The second-order valence-electron chi connectivity index (χ2n) is 4.01. The van der Waals surface area contributed by atoms with E-state index in [-0.39, 0.29) is 5.69 Å². The van der Waals surface area contributed by atoms with Crippen molar-refractivity contribution in [1.29, 1.82) is 0 Å². The average molecular weight is 324 g/mol. The lowest BCUT2D eigenvalue weighted by atomic mass is 10.3. The van der Waals surface area contributed by atoms with Crippen molar-refractivity contribution in [3.63, 3.8) is 0 Å². The van der Waals surface area contributed by atoms with Gasteiger partial charge in [0.05, 0.1) is 17.6 Å². The summed E-state index contributed by atoms with van der Waals surface area (Å²) in [5, 5.41) is 0. The Morgan fingerprint density at radius 1 is 1.33 bits per heavy atom. The number of hydrogen-bond acceptors (Lipinski definition) is 6. The molecular weight excluding hydrogens is 311 g/mol. The van der Waals surface area contributed by atoms with Crippen molar-refractivity contribution in [3.8, 4) is 11.5 Å². The first-order valence-corrected chi connectivity index (χ1v) is 7.60. The Bertz CT molecular complexity index is 635. The van der Waals surface area contributed by atoms with Crippen LogP contribution in [0.25, 0.3) is 0 Å². The first-order chi connectivity index (χ1) is 10.1. The van der Waals surface area contributed by atoms with Crippen LogP contribution in [0.1, 0.15) is 5.69 Å². The van der Waals surface area contributed by atoms with Crippen LogP contribution in [0.3, 0.4) is 0 Å². The highest BCUT2D eigenvalue weighted by atomic mass is 32.2. The smallest absolute Gasteiger partial charge is 0.220 e. The minimum atomic E-state index is -0.474. The van der Waals surface area contributed by atoms with Crippen LogP contribution < -0.4 is 10.5 Å². The normalized spacial score (nSPS) is 10.2. The number of ether oxygens (including phenoxy) is 2. The number of pyridine rings is 1. The lowest BCUT2D eigenvalue weighted by Crippen LogP contribution is -1.99. The number of hydrogen-bond donors (Lipinski definition) is 1. The molecule has 0 bridgehead atoms. The van der Waals surface area contributed by atoms with Crippen molar-refractivity contribution >= 4 is 34.0 Å². The number of thioether (sulfide) groups is 1. The van der Waals surface area contributed by atoms with E-state index in [9.17, 15) is 4.39 Å². The Kier molecular flexibility index (Phi) is 5.35. The Balaban J connectivity index is 1.98. The number of benzene rings is 1. The second kappa shape index (κ2) is 7.24. The zero-order valence-electron chi connectivity index (χ0n) is 11.2. The van der Waals surface area contributed by atoms with Gasteiger partial charge in [-0.2, -0.15) is 0 Å². The third-order valence-corrected chi connectivity index (χ3v) is 3.57. The van der Waals surface area contributed by atoms with Gasteiger partial charge < -0.3 is 15.2 Å². The van der Waals surface area contributed by atoms with Gasteiger partial charge in [-0.05, 0) is 42.7 Å². The van der Waals surface area contributed by atoms with E-state index in [1.165, 1.54) is 30.0 Å². The van der Waals surface area contributed by atoms with Gasteiger partial charge >= 0.3 is 0 Å². The highest BCUT2D eigenvalue weighted by molar-refractivity contribution is 8.22. The summed E-state index contributed by atoms with van der Waals surface area (Å²) in [6.45, 7) is 0.309. The minimum Gasteiger partial charge on any atom is -0.472 e. The molecule has 110 valence electrons. The maximum Gasteiger partial charge on any atom is 0.220 e. The molecule has 2 N–H and O–H groups in total. The quantitative estimate of drug-likeness (QED) is 0.682. The average Bonchev–Trinajstić information content (AvgIpc) is 2.50. The van der Waals surface area contributed by atoms with Gasteiger partial charge in [-0.1, -0.05) is 11.8 Å². The third kappa shape index (κ3) is 4.57. The van der Waals surface area contributed by atoms with Crippen molar-refractivity contribution in [2.75, 3.05) is 12.0 Å². The predicted molar refractivity (Wildman–Crippen MR) is 86.0 cm³/mol. The Morgan fingerprint density at radius 2 is 2.10 bits per heavy atom. The molecule has 0 aliphatic carbocycles. The first kappa shape index (κ1) is 15.5.